The molecular formula is C14H20N2O3. The zero-order chi connectivity index (χ0) is 14.0. The fourth-order valence-corrected chi connectivity index (χ4v) is 2.25. The highest BCUT2D eigenvalue weighted by atomic mass is 16.3. The molecule has 1 aliphatic rings. The number of benzene rings is 1. The Morgan fingerprint density at radius 2 is 2.00 bits per heavy atom. The predicted molar refractivity (Wildman–Crippen MR) is 71.6 cm³/mol. The quantitative estimate of drug-likeness (QED) is 0.727. The first-order chi connectivity index (χ1) is 8.93. The number of phenolic OH excluding ortho intramolecular Hbond substituents is 1. The molecule has 1 fully saturated rings. The molecule has 0 aromatic heterocycles. The summed E-state index contributed by atoms with van der Waals surface area (Å²) < 4.78 is 0. The first-order valence-corrected chi connectivity index (χ1v) is 6.48. The number of hydrogen-bond donors (Lipinski definition) is 3. The topological polar surface area (TPSA) is 86.8 Å². The van der Waals surface area contributed by atoms with E-state index in [1.54, 1.807) is 29.2 Å². The van der Waals surface area contributed by atoms with Gasteiger partial charge < -0.3 is 20.8 Å². The average Bonchev–Trinajstić information content (AvgIpc) is 2.37. The van der Waals surface area contributed by atoms with Crippen molar-refractivity contribution < 1.29 is 15.0 Å². The number of aliphatic hydroxyl groups is 1. The Bertz CT molecular complexity index is 452. The summed E-state index contributed by atoms with van der Waals surface area (Å²) in [5, 5.41) is 19.1. The average molecular weight is 264 g/mol. The number of carbonyl (C=O) groups excluding carboxylic acids is 1. The molecule has 0 saturated carbocycles. The van der Waals surface area contributed by atoms with Crippen LogP contribution in [0.1, 0.15) is 18.9 Å². The summed E-state index contributed by atoms with van der Waals surface area (Å²) in [6.07, 6.45) is 1.07. The Hall–Kier alpha value is -1.59. The first-order valence-electron chi connectivity index (χ1n) is 6.48. The fourth-order valence-electron chi connectivity index (χ4n) is 2.25. The van der Waals surface area contributed by atoms with Crippen LogP contribution < -0.4 is 5.73 Å². The van der Waals surface area contributed by atoms with Crippen LogP contribution in [0.25, 0.3) is 0 Å². The van der Waals surface area contributed by atoms with Crippen LogP contribution in [-0.2, 0) is 11.2 Å². The van der Waals surface area contributed by atoms with E-state index in [0.29, 0.717) is 25.9 Å². The van der Waals surface area contributed by atoms with Gasteiger partial charge in [0.2, 0.25) is 5.91 Å². The number of amides is 1. The molecule has 0 aliphatic carbocycles. The summed E-state index contributed by atoms with van der Waals surface area (Å²) in [4.78, 5) is 13.6. The van der Waals surface area contributed by atoms with Crippen molar-refractivity contribution >= 4 is 5.91 Å². The normalized spacial score (nSPS) is 18.8. The molecule has 0 radical (unpaired) electrons. The number of aromatic hydroxyl groups is 1. The predicted octanol–water partition coefficient (Wildman–Crippen LogP) is 0.245. The molecule has 1 aromatic rings. The number of phenols is 1. The van der Waals surface area contributed by atoms with Crippen molar-refractivity contribution in [3.63, 3.8) is 0 Å². The number of carbonyl (C=O) groups is 1. The van der Waals surface area contributed by atoms with Crippen LogP contribution in [0.15, 0.2) is 24.3 Å². The van der Waals surface area contributed by atoms with Crippen molar-refractivity contribution in [2.24, 2.45) is 5.73 Å². The van der Waals surface area contributed by atoms with Crippen molar-refractivity contribution in [2.75, 3.05) is 13.1 Å². The van der Waals surface area contributed by atoms with E-state index in [0.717, 1.165) is 5.56 Å². The highest BCUT2D eigenvalue weighted by Gasteiger charge is 2.43. The number of nitrogens with zero attached hydrogens (tertiary/aromatic N) is 1. The van der Waals surface area contributed by atoms with E-state index in [-0.39, 0.29) is 11.7 Å². The first kappa shape index (κ1) is 13.8. The SMILES string of the molecule is CCC1(O)CN(C(=O)[C@@H](N)Cc2ccc(O)cc2)C1. The summed E-state index contributed by atoms with van der Waals surface area (Å²) in [6.45, 7) is 2.63. The van der Waals surface area contributed by atoms with Gasteiger partial charge in [-0.1, -0.05) is 19.1 Å². The number of nitrogens with two attached hydrogens (primary N) is 1. The minimum Gasteiger partial charge on any atom is -0.508 e. The van der Waals surface area contributed by atoms with Crippen LogP contribution in [0.4, 0.5) is 0 Å². The fraction of sp³-hybridized carbons (Fsp3) is 0.500. The van der Waals surface area contributed by atoms with Gasteiger partial charge in [-0.15, -0.1) is 0 Å². The second-order valence-electron chi connectivity index (χ2n) is 5.25. The molecule has 5 heteroatoms. The second kappa shape index (κ2) is 5.19. The standard InChI is InChI=1S/C14H20N2O3/c1-2-14(19)8-16(9-14)13(18)12(15)7-10-3-5-11(17)6-4-10/h3-6,12,17,19H,2,7-9,15H2,1H3/t12-/m0/s1. The Kier molecular flexibility index (Phi) is 3.78. The second-order valence-corrected chi connectivity index (χ2v) is 5.25. The molecule has 1 aromatic carbocycles. The number of rotatable bonds is 4. The lowest BCUT2D eigenvalue weighted by atomic mass is 9.90. The third-order valence-electron chi connectivity index (χ3n) is 3.65. The van der Waals surface area contributed by atoms with E-state index < -0.39 is 11.6 Å². The molecule has 1 amide bonds. The lowest BCUT2D eigenvalue weighted by Crippen LogP contribution is -2.65. The largest absolute Gasteiger partial charge is 0.508 e. The highest BCUT2D eigenvalue weighted by molar-refractivity contribution is 5.83. The molecule has 0 spiro atoms. The van der Waals surface area contributed by atoms with Crippen LogP contribution in [0.3, 0.4) is 0 Å². The van der Waals surface area contributed by atoms with Gasteiger partial charge in [-0.25, -0.2) is 0 Å². The Morgan fingerprint density at radius 3 is 2.53 bits per heavy atom. The molecule has 0 bridgehead atoms. The van der Waals surface area contributed by atoms with Gasteiger partial charge in [0, 0.05) is 0 Å². The summed E-state index contributed by atoms with van der Waals surface area (Å²) in [5.74, 6) is 0.0607. The van der Waals surface area contributed by atoms with Gasteiger partial charge in [-0.2, -0.15) is 0 Å². The molecule has 5 nitrogen and oxygen atoms in total. The van der Waals surface area contributed by atoms with Crippen molar-refractivity contribution in [1.82, 2.24) is 4.90 Å². The number of β-amino-alcohol motifs (C(OH)–C–C–N with tert-alkyl or cyclic N) is 1. The van der Waals surface area contributed by atoms with Crippen molar-refractivity contribution in [1.29, 1.82) is 0 Å². The smallest absolute Gasteiger partial charge is 0.240 e. The zero-order valence-corrected chi connectivity index (χ0v) is 11.0. The Morgan fingerprint density at radius 1 is 1.42 bits per heavy atom. The molecular weight excluding hydrogens is 244 g/mol. The van der Waals surface area contributed by atoms with Crippen LogP contribution in [-0.4, -0.2) is 45.8 Å². The van der Waals surface area contributed by atoms with Gasteiger partial charge in [-0.3, -0.25) is 4.79 Å². The molecule has 0 unspecified atom stereocenters. The van der Waals surface area contributed by atoms with Crippen LogP contribution in [0.2, 0.25) is 0 Å². The molecule has 1 heterocycles. The molecule has 19 heavy (non-hydrogen) atoms. The lowest BCUT2D eigenvalue weighted by Gasteiger charge is -2.46. The van der Waals surface area contributed by atoms with Gasteiger partial charge in [0.05, 0.1) is 24.7 Å². The Labute approximate surface area is 112 Å². The monoisotopic (exact) mass is 264 g/mol. The summed E-state index contributed by atoms with van der Waals surface area (Å²) >= 11 is 0. The van der Waals surface area contributed by atoms with Crippen molar-refractivity contribution in [2.45, 2.75) is 31.4 Å². The summed E-state index contributed by atoms with van der Waals surface area (Å²) in [6, 6.07) is 6.05. The van der Waals surface area contributed by atoms with Crippen LogP contribution >= 0.6 is 0 Å². The van der Waals surface area contributed by atoms with Crippen LogP contribution in [0.5, 0.6) is 5.75 Å². The maximum Gasteiger partial charge on any atom is 0.240 e. The van der Waals surface area contributed by atoms with E-state index >= 15 is 0 Å². The van der Waals surface area contributed by atoms with E-state index in [1.807, 2.05) is 6.92 Å². The van der Waals surface area contributed by atoms with E-state index in [1.165, 1.54) is 0 Å². The summed E-state index contributed by atoms with van der Waals surface area (Å²) in [7, 11) is 0. The molecule has 104 valence electrons. The van der Waals surface area contributed by atoms with Gasteiger partial charge in [0.15, 0.2) is 0 Å². The highest BCUT2D eigenvalue weighted by Crippen LogP contribution is 2.24. The number of hydrogen-bond acceptors (Lipinski definition) is 4. The molecule has 1 saturated heterocycles. The van der Waals surface area contributed by atoms with Crippen molar-refractivity contribution in [3.8, 4) is 5.75 Å². The Balaban J connectivity index is 1.88. The van der Waals surface area contributed by atoms with Gasteiger partial charge in [0.25, 0.3) is 0 Å². The maximum absolute atomic E-state index is 12.0. The maximum atomic E-state index is 12.0. The molecule has 2 rings (SSSR count). The van der Waals surface area contributed by atoms with Crippen molar-refractivity contribution in [3.05, 3.63) is 29.8 Å². The van der Waals surface area contributed by atoms with Gasteiger partial charge >= 0.3 is 0 Å². The molecule has 4 N–H and O–H groups in total. The van der Waals surface area contributed by atoms with E-state index in [2.05, 4.69) is 0 Å². The van der Waals surface area contributed by atoms with Gasteiger partial charge in [-0.05, 0) is 30.5 Å². The lowest BCUT2D eigenvalue weighted by molar-refractivity contribution is -0.157. The van der Waals surface area contributed by atoms with Gasteiger partial charge in [0.1, 0.15) is 5.75 Å². The number of likely N-dealkylation sites (tertiary alicyclic amines) is 1. The molecule has 1 aliphatic heterocycles. The third kappa shape index (κ3) is 3.05. The summed E-state index contributed by atoms with van der Waals surface area (Å²) in [5.41, 5.74) is 6.07. The third-order valence-corrected chi connectivity index (χ3v) is 3.65. The molecule has 1 atom stereocenters. The van der Waals surface area contributed by atoms with E-state index in [9.17, 15) is 15.0 Å². The zero-order valence-electron chi connectivity index (χ0n) is 11.0. The van der Waals surface area contributed by atoms with E-state index in [4.69, 9.17) is 5.73 Å². The van der Waals surface area contributed by atoms with Crippen LogP contribution in [0, 0.1) is 0 Å². The minimum absolute atomic E-state index is 0.133. The minimum atomic E-state index is -0.728.